The first-order chi connectivity index (χ1) is 13.0. The van der Waals surface area contributed by atoms with E-state index in [4.69, 9.17) is 0 Å². The van der Waals surface area contributed by atoms with Gasteiger partial charge in [-0.2, -0.15) is 5.10 Å². The number of fused-ring (bicyclic) bond motifs is 3. The summed E-state index contributed by atoms with van der Waals surface area (Å²) in [6.45, 7) is 0.529. The lowest BCUT2D eigenvalue weighted by Gasteiger charge is -2.43. The highest BCUT2D eigenvalue weighted by Gasteiger charge is 2.49. The average molecular weight is 365 g/mol. The minimum atomic E-state index is -0.811. The molecule has 5 rings (SSSR count). The summed E-state index contributed by atoms with van der Waals surface area (Å²) >= 11 is 0. The van der Waals surface area contributed by atoms with E-state index in [0.717, 1.165) is 23.7 Å². The van der Waals surface area contributed by atoms with Crippen molar-refractivity contribution >= 4 is 16.8 Å². The molecule has 3 aromatic heterocycles. The molecule has 7 nitrogen and oxygen atoms in total. The minimum Gasteiger partial charge on any atom is -0.388 e. The van der Waals surface area contributed by atoms with Crippen molar-refractivity contribution < 1.29 is 9.90 Å². The summed E-state index contributed by atoms with van der Waals surface area (Å²) in [6.07, 6.45) is 10.5. The van der Waals surface area contributed by atoms with E-state index in [0.29, 0.717) is 25.1 Å². The van der Waals surface area contributed by atoms with Crippen LogP contribution < -0.4 is 0 Å². The normalized spacial score (nSPS) is 27.4. The lowest BCUT2D eigenvalue weighted by molar-refractivity contribution is -0.0534. The molecule has 0 saturated carbocycles. The second-order valence-electron chi connectivity index (χ2n) is 7.98. The van der Waals surface area contributed by atoms with Crippen LogP contribution in [0, 0.1) is 0 Å². The lowest BCUT2D eigenvalue weighted by atomic mass is 9.85. The topological polar surface area (TPSA) is 76.2 Å². The van der Waals surface area contributed by atoms with Gasteiger partial charge in [0.25, 0.3) is 5.91 Å². The van der Waals surface area contributed by atoms with Crippen molar-refractivity contribution in [2.45, 2.75) is 49.9 Å². The molecule has 0 radical (unpaired) electrons. The number of amides is 1. The summed E-state index contributed by atoms with van der Waals surface area (Å²) in [5.41, 5.74) is 0.710. The van der Waals surface area contributed by atoms with Gasteiger partial charge < -0.3 is 14.6 Å². The predicted molar refractivity (Wildman–Crippen MR) is 100 cm³/mol. The zero-order valence-electron chi connectivity index (χ0n) is 15.3. The number of carbonyl (C=O) groups is 1. The number of aryl methyl sites for hydroxylation is 1. The van der Waals surface area contributed by atoms with Crippen LogP contribution in [0.5, 0.6) is 0 Å². The van der Waals surface area contributed by atoms with E-state index >= 15 is 0 Å². The Hall–Kier alpha value is -2.67. The molecule has 3 aromatic rings. The number of hydrogen-bond acceptors (Lipinski definition) is 4. The standard InChI is InChI=1S/C20H23N5O2/c1-23-8-6-17(22-23)19(26)25-15-2-3-16(25)11-20(27,10-15)13-24-9-5-14-4-7-21-12-18(14)24/h4-9,12,15-16,27H,2-3,10-11,13H2,1H3/t15-,16-/m1/s1. The highest BCUT2D eigenvalue weighted by atomic mass is 16.3. The molecule has 2 atom stereocenters. The molecule has 0 aromatic carbocycles. The monoisotopic (exact) mass is 365 g/mol. The molecule has 2 saturated heterocycles. The van der Waals surface area contributed by atoms with Crippen molar-refractivity contribution in [3.63, 3.8) is 0 Å². The summed E-state index contributed by atoms with van der Waals surface area (Å²) in [5, 5.41) is 16.7. The Morgan fingerprint density at radius 1 is 1.22 bits per heavy atom. The van der Waals surface area contributed by atoms with Crippen molar-refractivity contribution in [3.05, 3.63) is 48.7 Å². The summed E-state index contributed by atoms with van der Waals surface area (Å²) in [6, 6.07) is 5.94. The predicted octanol–water partition coefficient (Wildman–Crippen LogP) is 1.97. The fraction of sp³-hybridized carbons (Fsp3) is 0.450. The van der Waals surface area contributed by atoms with Gasteiger partial charge in [0.2, 0.25) is 0 Å². The van der Waals surface area contributed by atoms with Crippen molar-refractivity contribution in [3.8, 4) is 0 Å². The van der Waals surface area contributed by atoms with Crippen molar-refractivity contribution in [2.75, 3.05) is 0 Å². The van der Waals surface area contributed by atoms with Gasteiger partial charge in [0.1, 0.15) is 5.69 Å². The molecule has 5 heterocycles. The first kappa shape index (κ1) is 16.5. The third kappa shape index (κ3) is 2.73. The number of rotatable bonds is 3. The summed E-state index contributed by atoms with van der Waals surface area (Å²) in [7, 11) is 1.82. The maximum Gasteiger partial charge on any atom is 0.274 e. The maximum atomic E-state index is 12.9. The number of aromatic nitrogens is 4. The smallest absolute Gasteiger partial charge is 0.274 e. The maximum absolute atomic E-state index is 12.9. The van der Waals surface area contributed by atoms with Crippen LogP contribution in [0.1, 0.15) is 36.2 Å². The highest BCUT2D eigenvalue weighted by molar-refractivity contribution is 5.93. The molecule has 0 spiro atoms. The Labute approximate surface area is 157 Å². The fourth-order valence-electron chi connectivity index (χ4n) is 4.93. The second kappa shape index (κ2) is 5.92. The highest BCUT2D eigenvalue weighted by Crippen LogP contribution is 2.42. The van der Waals surface area contributed by atoms with Crippen LogP contribution in [0.2, 0.25) is 0 Å². The first-order valence-corrected chi connectivity index (χ1v) is 9.46. The number of hydrogen-bond donors (Lipinski definition) is 1. The van der Waals surface area contributed by atoms with E-state index in [2.05, 4.69) is 20.7 Å². The van der Waals surface area contributed by atoms with E-state index in [1.54, 1.807) is 23.1 Å². The third-order valence-corrected chi connectivity index (χ3v) is 6.06. The zero-order valence-corrected chi connectivity index (χ0v) is 15.3. The second-order valence-corrected chi connectivity index (χ2v) is 7.98. The zero-order chi connectivity index (χ0) is 18.6. The van der Waals surface area contributed by atoms with Gasteiger partial charge in [0.15, 0.2) is 0 Å². The van der Waals surface area contributed by atoms with E-state index in [1.807, 2.05) is 30.4 Å². The van der Waals surface area contributed by atoms with Crippen molar-refractivity contribution in [2.24, 2.45) is 7.05 Å². The number of pyridine rings is 1. The largest absolute Gasteiger partial charge is 0.388 e. The van der Waals surface area contributed by atoms with Gasteiger partial charge in [-0.25, -0.2) is 0 Å². The molecule has 2 bridgehead atoms. The molecule has 1 amide bonds. The summed E-state index contributed by atoms with van der Waals surface area (Å²) in [5.74, 6) is -0.0132. The first-order valence-electron chi connectivity index (χ1n) is 9.46. The fourth-order valence-corrected chi connectivity index (χ4v) is 4.93. The minimum absolute atomic E-state index is 0.0132. The Morgan fingerprint density at radius 2 is 2.00 bits per heavy atom. The van der Waals surface area contributed by atoms with Gasteiger partial charge in [0.05, 0.1) is 23.9 Å². The molecule has 7 heteroatoms. The summed E-state index contributed by atoms with van der Waals surface area (Å²) in [4.78, 5) is 19.1. The van der Waals surface area contributed by atoms with Crippen LogP contribution in [-0.2, 0) is 13.6 Å². The molecule has 2 aliphatic heterocycles. The molecular formula is C20H23N5O2. The van der Waals surface area contributed by atoms with Crippen LogP contribution in [0.25, 0.3) is 10.9 Å². The van der Waals surface area contributed by atoms with E-state index in [9.17, 15) is 9.90 Å². The third-order valence-electron chi connectivity index (χ3n) is 6.06. The van der Waals surface area contributed by atoms with Gasteiger partial charge in [-0.1, -0.05) is 0 Å². The van der Waals surface area contributed by atoms with Crippen molar-refractivity contribution in [1.82, 2.24) is 24.2 Å². The molecule has 27 heavy (non-hydrogen) atoms. The Morgan fingerprint density at radius 3 is 2.70 bits per heavy atom. The molecule has 1 N–H and O–H groups in total. The van der Waals surface area contributed by atoms with E-state index in [1.165, 1.54) is 0 Å². The number of aliphatic hydroxyl groups is 1. The molecule has 2 fully saturated rings. The summed E-state index contributed by atoms with van der Waals surface area (Å²) < 4.78 is 3.73. The SMILES string of the molecule is Cn1ccc(C(=O)N2[C@@H]3CC[C@@H]2CC(O)(Cn2ccc4ccncc42)C3)n1. The molecule has 140 valence electrons. The van der Waals surface area contributed by atoms with Gasteiger partial charge in [0, 0.05) is 43.1 Å². The van der Waals surface area contributed by atoms with E-state index in [-0.39, 0.29) is 18.0 Å². The van der Waals surface area contributed by atoms with E-state index < -0.39 is 5.60 Å². The Balaban J connectivity index is 1.38. The Bertz CT molecular complexity index is 993. The van der Waals surface area contributed by atoms with Gasteiger partial charge >= 0.3 is 0 Å². The van der Waals surface area contributed by atoms with Gasteiger partial charge in [-0.15, -0.1) is 0 Å². The van der Waals surface area contributed by atoms with Crippen LogP contribution in [-0.4, -0.2) is 52.9 Å². The lowest BCUT2D eigenvalue weighted by Crippen LogP contribution is -2.54. The molecule has 2 aliphatic rings. The Kier molecular flexibility index (Phi) is 3.62. The number of carbonyl (C=O) groups excluding carboxylic acids is 1. The van der Waals surface area contributed by atoms with Crippen LogP contribution in [0.3, 0.4) is 0 Å². The molecule has 0 unspecified atom stereocenters. The molecular weight excluding hydrogens is 342 g/mol. The van der Waals surface area contributed by atoms with Gasteiger partial charge in [-0.3, -0.25) is 14.5 Å². The number of nitrogens with zero attached hydrogens (tertiary/aromatic N) is 5. The molecule has 0 aliphatic carbocycles. The quantitative estimate of drug-likeness (QED) is 0.770. The number of piperidine rings is 1. The average Bonchev–Trinajstić information content (AvgIpc) is 3.32. The van der Waals surface area contributed by atoms with Crippen LogP contribution in [0.15, 0.2) is 43.0 Å². The van der Waals surface area contributed by atoms with Crippen LogP contribution in [0.4, 0.5) is 0 Å². The van der Waals surface area contributed by atoms with Crippen LogP contribution >= 0.6 is 0 Å². The van der Waals surface area contributed by atoms with Gasteiger partial charge in [-0.05, 0) is 43.9 Å². The van der Waals surface area contributed by atoms with Crippen molar-refractivity contribution in [1.29, 1.82) is 0 Å².